The van der Waals surface area contributed by atoms with E-state index in [9.17, 15) is 0 Å². The molecule has 1 aliphatic carbocycles. The molecule has 0 amide bonds. The van der Waals surface area contributed by atoms with Gasteiger partial charge in [-0.25, -0.2) is 0 Å². The molecule has 0 nitrogen and oxygen atoms in total. The molecule has 2 atom stereocenters. The molecule has 24 heavy (non-hydrogen) atoms. The fourth-order valence-corrected chi connectivity index (χ4v) is 3.93. The Bertz CT molecular complexity index is 781. The molecule has 0 aliphatic heterocycles. The SMILES string of the molecule is CC1/C=C\C(c2ccccc2)=C/C(C)C(C)(C)c2cc(I)ccc21. The highest BCUT2D eigenvalue weighted by atomic mass is 127. The number of rotatable bonds is 1. The summed E-state index contributed by atoms with van der Waals surface area (Å²) >= 11 is 2.43. The second kappa shape index (κ2) is 6.87. The maximum Gasteiger partial charge on any atom is 0.0133 e. The molecule has 0 N–H and O–H groups in total. The number of benzene rings is 2. The van der Waals surface area contributed by atoms with Gasteiger partial charge in [-0.1, -0.05) is 82.3 Å². The Morgan fingerprint density at radius 3 is 2.38 bits per heavy atom. The summed E-state index contributed by atoms with van der Waals surface area (Å²) in [6.07, 6.45) is 7.09. The summed E-state index contributed by atoms with van der Waals surface area (Å²) in [6.45, 7) is 9.40. The first kappa shape index (κ1) is 17.5. The molecule has 0 bridgehead atoms. The van der Waals surface area contributed by atoms with Crippen molar-refractivity contribution in [2.75, 3.05) is 0 Å². The first-order valence-electron chi connectivity index (χ1n) is 8.65. The average molecular weight is 428 g/mol. The van der Waals surface area contributed by atoms with E-state index < -0.39 is 0 Å². The molecule has 0 saturated heterocycles. The summed E-state index contributed by atoms with van der Waals surface area (Å²) in [5.74, 6) is 0.855. The van der Waals surface area contributed by atoms with Crippen LogP contribution in [0, 0.1) is 9.49 Å². The first-order valence-corrected chi connectivity index (χ1v) is 9.73. The topological polar surface area (TPSA) is 0 Å². The summed E-state index contributed by atoms with van der Waals surface area (Å²) < 4.78 is 1.31. The predicted molar refractivity (Wildman–Crippen MR) is 113 cm³/mol. The fourth-order valence-electron chi connectivity index (χ4n) is 3.44. The van der Waals surface area contributed by atoms with Crippen LogP contribution >= 0.6 is 22.6 Å². The summed E-state index contributed by atoms with van der Waals surface area (Å²) in [5, 5.41) is 0. The monoisotopic (exact) mass is 428 g/mol. The smallest absolute Gasteiger partial charge is 0.0133 e. The molecular weight excluding hydrogens is 403 g/mol. The third-order valence-electron chi connectivity index (χ3n) is 5.44. The van der Waals surface area contributed by atoms with Crippen molar-refractivity contribution in [1.29, 1.82) is 0 Å². The van der Waals surface area contributed by atoms with Crippen molar-refractivity contribution in [3.8, 4) is 0 Å². The Balaban J connectivity index is 2.17. The van der Waals surface area contributed by atoms with Gasteiger partial charge in [-0.2, -0.15) is 0 Å². The Kier molecular flexibility index (Phi) is 5.00. The molecule has 2 aromatic carbocycles. The maximum absolute atomic E-state index is 2.44. The molecule has 0 radical (unpaired) electrons. The van der Waals surface area contributed by atoms with Crippen molar-refractivity contribution in [3.05, 3.63) is 87.0 Å². The van der Waals surface area contributed by atoms with Crippen LogP contribution in [-0.4, -0.2) is 0 Å². The van der Waals surface area contributed by atoms with Crippen LogP contribution < -0.4 is 0 Å². The number of halogens is 1. The van der Waals surface area contributed by atoms with Crippen LogP contribution in [0.15, 0.2) is 66.8 Å². The highest BCUT2D eigenvalue weighted by Gasteiger charge is 2.31. The van der Waals surface area contributed by atoms with Gasteiger partial charge in [0.05, 0.1) is 0 Å². The van der Waals surface area contributed by atoms with Gasteiger partial charge in [0.25, 0.3) is 0 Å². The van der Waals surface area contributed by atoms with Gasteiger partial charge in [-0.15, -0.1) is 0 Å². The van der Waals surface area contributed by atoms with E-state index in [4.69, 9.17) is 0 Å². The van der Waals surface area contributed by atoms with Crippen LogP contribution in [0.1, 0.15) is 50.3 Å². The minimum atomic E-state index is 0.0941. The van der Waals surface area contributed by atoms with E-state index in [-0.39, 0.29) is 5.41 Å². The molecule has 0 heterocycles. The molecule has 0 fully saturated rings. The molecule has 2 unspecified atom stereocenters. The molecule has 124 valence electrons. The number of fused-ring (bicyclic) bond motifs is 1. The second-order valence-corrected chi connectivity index (χ2v) is 8.62. The first-order chi connectivity index (χ1) is 11.4. The average Bonchev–Trinajstić information content (AvgIpc) is 2.61. The molecule has 2 aromatic rings. The van der Waals surface area contributed by atoms with E-state index >= 15 is 0 Å². The standard InChI is InChI=1S/C23H25I/c1-16-10-11-19(18-8-6-5-7-9-18)14-17(2)23(3,4)22-15-20(24)12-13-21(16)22/h5-17H,1-4H3/b11-10-,19-14+. The zero-order chi connectivity index (χ0) is 17.3. The van der Waals surface area contributed by atoms with E-state index in [0.717, 1.165) is 0 Å². The summed E-state index contributed by atoms with van der Waals surface area (Å²) in [6, 6.07) is 17.6. The van der Waals surface area contributed by atoms with Crippen LogP contribution in [0.25, 0.3) is 5.57 Å². The fraction of sp³-hybridized carbons (Fsp3) is 0.304. The summed E-state index contributed by atoms with van der Waals surface area (Å²) in [7, 11) is 0. The zero-order valence-electron chi connectivity index (χ0n) is 14.9. The van der Waals surface area contributed by atoms with Crippen molar-refractivity contribution >= 4 is 28.2 Å². The van der Waals surface area contributed by atoms with Crippen LogP contribution in [0.2, 0.25) is 0 Å². The van der Waals surface area contributed by atoms with Gasteiger partial charge in [0.1, 0.15) is 0 Å². The lowest BCUT2D eigenvalue weighted by atomic mass is 9.71. The molecule has 3 rings (SSSR count). The number of hydrogen-bond acceptors (Lipinski definition) is 0. The van der Waals surface area contributed by atoms with Crippen LogP contribution in [-0.2, 0) is 5.41 Å². The quantitative estimate of drug-likeness (QED) is 0.431. The van der Waals surface area contributed by atoms with Crippen LogP contribution in [0.5, 0.6) is 0 Å². The lowest BCUT2D eigenvalue weighted by Gasteiger charge is -2.33. The summed E-state index contributed by atoms with van der Waals surface area (Å²) in [5.41, 5.74) is 5.64. The van der Waals surface area contributed by atoms with E-state index in [1.807, 2.05) is 0 Å². The van der Waals surface area contributed by atoms with E-state index in [1.165, 1.54) is 25.8 Å². The molecule has 0 aromatic heterocycles. The number of hydrogen-bond donors (Lipinski definition) is 0. The number of allylic oxidation sites excluding steroid dienone is 4. The Morgan fingerprint density at radius 2 is 1.67 bits per heavy atom. The Hall–Kier alpha value is -1.35. The van der Waals surface area contributed by atoms with Gasteiger partial charge in [-0.3, -0.25) is 0 Å². The Labute approximate surface area is 159 Å². The maximum atomic E-state index is 2.44. The van der Waals surface area contributed by atoms with Crippen molar-refractivity contribution in [1.82, 2.24) is 0 Å². The van der Waals surface area contributed by atoms with Crippen LogP contribution in [0.4, 0.5) is 0 Å². The molecular formula is C23H25I. The summed E-state index contributed by atoms with van der Waals surface area (Å²) in [4.78, 5) is 0. The van der Waals surface area contributed by atoms with Crippen LogP contribution in [0.3, 0.4) is 0 Å². The van der Waals surface area contributed by atoms with Gasteiger partial charge in [0.15, 0.2) is 0 Å². The zero-order valence-corrected chi connectivity index (χ0v) is 17.0. The molecule has 0 saturated carbocycles. The normalized spacial score (nSPS) is 26.3. The Morgan fingerprint density at radius 1 is 0.958 bits per heavy atom. The van der Waals surface area contributed by atoms with E-state index in [0.29, 0.717) is 11.8 Å². The lowest BCUT2D eigenvalue weighted by molar-refractivity contribution is 0.406. The largest absolute Gasteiger partial charge is 0.0767 e. The van der Waals surface area contributed by atoms with Gasteiger partial charge >= 0.3 is 0 Å². The van der Waals surface area contributed by atoms with Crippen molar-refractivity contribution in [2.45, 2.75) is 39.0 Å². The molecule has 1 heteroatoms. The molecule has 1 aliphatic rings. The second-order valence-electron chi connectivity index (χ2n) is 7.38. The predicted octanol–water partition coefficient (Wildman–Crippen LogP) is 6.96. The third kappa shape index (κ3) is 3.37. The molecule has 0 spiro atoms. The van der Waals surface area contributed by atoms with Crippen molar-refractivity contribution in [3.63, 3.8) is 0 Å². The van der Waals surface area contributed by atoms with Gasteiger partial charge in [0, 0.05) is 3.57 Å². The highest BCUT2D eigenvalue weighted by molar-refractivity contribution is 14.1. The van der Waals surface area contributed by atoms with Gasteiger partial charge in [0.2, 0.25) is 0 Å². The van der Waals surface area contributed by atoms with Crippen molar-refractivity contribution in [2.24, 2.45) is 5.92 Å². The van der Waals surface area contributed by atoms with Gasteiger partial charge < -0.3 is 0 Å². The lowest BCUT2D eigenvalue weighted by Crippen LogP contribution is -2.27. The van der Waals surface area contributed by atoms with Crippen molar-refractivity contribution < 1.29 is 0 Å². The highest BCUT2D eigenvalue weighted by Crippen LogP contribution is 2.40. The van der Waals surface area contributed by atoms with Gasteiger partial charge in [-0.05, 0) is 74.2 Å². The minimum Gasteiger partial charge on any atom is -0.0767 e. The minimum absolute atomic E-state index is 0.0941. The van der Waals surface area contributed by atoms with E-state index in [2.05, 4.69) is 117 Å². The van der Waals surface area contributed by atoms with E-state index in [1.54, 1.807) is 0 Å². The third-order valence-corrected chi connectivity index (χ3v) is 6.11.